The molecule has 1 fully saturated rings. The predicted octanol–water partition coefficient (Wildman–Crippen LogP) is 4.71. The maximum Gasteiger partial charge on any atom is 0.261 e. The molecule has 0 aromatic heterocycles. The molecule has 3 rings (SSSR count). The van der Waals surface area contributed by atoms with E-state index in [1.165, 1.54) is 0 Å². The number of nitrogens with one attached hydrogen (secondary N) is 2. The van der Waals surface area contributed by atoms with E-state index < -0.39 is 10.0 Å². The summed E-state index contributed by atoms with van der Waals surface area (Å²) in [5, 5.41) is 13.2. The summed E-state index contributed by atoms with van der Waals surface area (Å²) in [6.07, 6.45) is 3.23. The van der Waals surface area contributed by atoms with E-state index >= 15 is 0 Å². The Morgan fingerprint density at radius 1 is 1.07 bits per heavy atom. The first-order valence-electron chi connectivity index (χ1n) is 9.23. The van der Waals surface area contributed by atoms with Crippen LogP contribution in [0.25, 0.3) is 0 Å². The number of aliphatic hydroxyl groups is 1. The normalized spacial score (nSPS) is 20.1. The molecule has 0 radical (unpaired) electrons. The van der Waals surface area contributed by atoms with Crippen LogP contribution in [-0.2, 0) is 16.6 Å². The molecule has 0 aliphatic heterocycles. The molecule has 0 spiro atoms. The van der Waals surface area contributed by atoms with E-state index in [4.69, 9.17) is 0 Å². The second-order valence-corrected chi connectivity index (χ2v) is 10.7. The van der Waals surface area contributed by atoms with Crippen molar-refractivity contribution in [1.29, 1.82) is 0 Å². The average molecular weight is 532 g/mol. The van der Waals surface area contributed by atoms with Crippen LogP contribution in [0.4, 0.5) is 5.69 Å². The van der Waals surface area contributed by atoms with Gasteiger partial charge in [-0.25, -0.2) is 8.42 Å². The summed E-state index contributed by atoms with van der Waals surface area (Å²) in [5.74, 6) is 0. The highest BCUT2D eigenvalue weighted by Gasteiger charge is 2.21. The van der Waals surface area contributed by atoms with E-state index in [0.717, 1.165) is 41.3 Å². The maximum absolute atomic E-state index is 12.9. The van der Waals surface area contributed by atoms with E-state index in [0.29, 0.717) is 22.7 Å². The molecular weight excluding hydrogens is 508 g/mol. The summed E-state index contributed by atoms with van der Waals surface area (Å²) >= 11 is 6.98. The van der Waals surface area contributed by atoms with Gasteiger partial charge in [0.2, 0.25) is 0 Å². The van der Waals surface area contributed by atoms with Crippen LogP contribution in [0.2, 0.25) is 0 Å². The molecule has 0 amide bonds. The molecule has 3 N–H and O–H groups in total. The van der Waals surface area contributed by atoms with E-state index in [9.17, 15) is 13.5 Å². The predicted molar refractivity (Wildman–Crippen MR) is 119 cm³/mol. The first-order valence-corrected chi connectivity index (χ1v) is 12.3. The van der Waals surface area contributed by atoms with Gasteiger partial charge in [0.1, 0.15) is 0 Å². The highest BCUT2D eigenvalue weighted by Crippen LogP contribution is 2.33. The highest BCUT2D eigenvalue weighted by molar-refractivity contribution is 9.11. The van der Waals surface area contributed by atoms with Gasteiger partial charge in [-0.1, -0.05) is 33.6 Å². The number of halogens is 2. The first-order chi connectivity index (χ1) is 13.2. The Hall–Kier alpha value is -0.930. The monoisotopic (exact) mass is 530 g/mol. The largest absolute Gasteiger partial charge is 0.393 e. The number of sulfonamides is 1. The van der Waals surface area contributed by atoms with Crippen LogP contribution in [0.15, 0.2) is 50.2 Å². The molecule has 8 heteroatoms. The minimum atomic E-state index is -3.69. The van der Waals surface area contributed by atoms with Gasteiger partial charge in [-0.3, -0.25) is 4.72 Å². The smallest absolute Gasteiger partial charge is 0.261 e. The molecule has 2 aromatic carbocycles. The van der Waals surface area contributed by atoms with Gasteiger partial charge in [-0.15, -0.1) is 0 Å². The van der Waals surface area contributed by atoms with Gasteiger partial charge < -0.3 is 10.4 Å². The standard InChI is InChI=1S/C20H24Br2N2O3S/c1-13-2-8-18(9-3-13)28(26,27)24-20-14(10-15(21)11-19(20)22)12-23-16-4-6-17(25)7-5-16/h2-3,8-11,16-17,23-25H,4-7,12H2,1H3. The molecule has 0 bridgehead atoms. The van der Waals surface area contributed by atoms with Gasteiger partial charge in [0.05, 0.1) is 16.7 Å². The van der Waals surface area contributed by atoms with Crippen LogP contribution in [0, 0.1) is 6.92 Å². The van der Waals surface area contributed by atoms with Crippen molar-refractivity contribution in [1.82, 2.24) is 5.32 Å². The van der Waals surface area contributed by atoms with Gasteiger partial charge in [0, 0.05) is 21.5 Å². The number of aryl methyl sites for hydroxylation is 1. The third-order valence-corrected chi connectivity index (χ3v) is 7.43. The van der Waals surface area contributed by atoms with Crippen molar-refractivity contribution in [2.45, 2.75) is 56.2 Å². The van der Waals surface area contributed by atoms with Crippen molar-refractivity contribution >= 4 is 47.6 Å². The summed E-state index contributed by atoms with van der Waals surface area (Å²) in [4.78, 5) is 0.230. The Labute approximate surface area is 183 Å². The molecule has 5 nitrogen and oxygen atoms in total. The van der Waals surface area contributed by atoms with Crippen molar-refractivity contribution < 1.29 is 13.5 Å². The van der Waals surface area contributed by atoms with E-state index in [2.05, 4.69) is 41.9 Å². The van der Waals surface area contributed by atoms with Crippen LogP contribution >= 0.6 is 31.9 Å². The summed E-state index contributed by atoms with van der Waals surface area (Å²) in [6.45, 7) is 2.45. The van der Waals surface area contributed by atoms with E-state index in [-0.39, 0.29) is 11.0 Å². The topological polar surface area (TPSA) is 78.4 Å². The zero-order chi connectivity index (χ0) is 20.3. The highest BCUT2D eigenvalue weighted by atomic mass is 79.9. The Morgan fingerprint density at radius 2 is 1.71 bits per heavy atom. The lowest BCUT2D eigenvalue weighted by Gasteiger charge is -2.27. The molecule has 0 heterocycles. The van der Waals surface area contributed by atoms with E-state index in [1.807, 2.05) is 19.1 Å². The Kier molecular flexibility index (Phi) is 7.20. The number of aliphatic hydroxyl groups excluding tert-OH is 1. The molecule has 2 aromatic rings. The van der Waals surface area contributed by atoms with Gasteiger partial charge in [-0.05, 0) is 78.4 Å². The quantitative estimate of drug-likeness (QED) is 0.504. The van der Waals surface area contributed by atoms with Crippen LogP contribution in [0.1, 0.15) is 36.8 Å². The minimum Gasteiger partial charge on any atom is -0.393 e. The Bertz CT molecular complexity index is 925. The second kappa shape index (κ2) is 9.26. The van der Waals surface area contributed by atoms with Crippen molar-refractivity contribution in [3.8, 4) is 0 Å². The van der Waals surface area contributed by atoms with Crippen molar-refractivity contribution in [3.63, 3.8) is 0 Å². The summed E-state index contributed by atoms with van der Waals surface area (Å²) in [7, 11) is -3.69. The number of rotatable bonds is 6. The van der Waals surface area contributed by atoms with Crippen LogP contribution in [0.5, 0.6) is 0 Å². The average Bonchev–Trinajstić information content (AvgIpc) is 2.64. The maximum atomic E-state index is 12.9. The fourth-order valence-electron chi connectivity index (χ4n) is 3.33. The fraction of sp³-hybridized carbons (Fsp3) is 0.400. The zero-order valence-electron chi connectivity index (χ0n) is 15.6. The zero-order valence-corrected chi connectivity index (χ0v) is 19.6. The van der Waals surface area contributed by atoms with Crippen LogP contribution < -0.4 is 10.0 Å². The summed E-state index contributed by atoms with van der Waals surface area (Å²) in [6, 6.07) is 10.8. The fourth-order valence-corrected chi connectivity index (χ4v) is 5.99. The van der Waals surface area contributed by atoms with Gasteiger partial charge in [0.25, 0.3) is 10.0 Å². The van der Waals surface area contributed by atoms with E-state index in [1.54, 1.807) is 24.3 Å². The molecule has 0 unspecified atom stereocenters. The Balaban J connectivity index is 1.81. The third kappa shape index (κ3) is 5.57. The van der Waals surface area contributed by atoms with Gasteiger partial charge >= 0.3 is 0 Å². The molecule has 1 aliphatic carbocycles. The van der Waals surface area contributed by atoms with Gasteiger partial charge in [-0.2, -0.15) is 0 Å². The SMILES string of the molecule is Cc1ccc(S(=O)(=O)Nc2c(Br)cc(Br)cc2CNC2CCC(O)CC2)cc1. The second-order valence-electron chi connectivity index (χ2n) is 7.23. The third-order valence-electron chi connectivity index (χ3n) is 4.98. The molecule has 152 valence electrons. The number of hydrogen-bond donors (Lipinski definition) is 3. The number of benzene rings is 2. The minimum absolute atomic E-state index is 0.199. The summed E-state index contributed by atoms with van der Waals surface area (Å²) in [5.41, 5.74) is 2.39. The molecule has 0 saturated heterocycles. The lowest BCUT2D eigenvalue weighted by Crippen LogP contribution is -2.34. The molecular formula is C20H24Br2N2O3S. The van der Waals surface area contributed by atoms with Crippen molar-refractivity contribution in [3.05, 3.63) is 56.5 Å². The molecule has 1 saturated carbocycles. The molecule has 0 atom stereocenters. The number of anilines is 1. The molecule has 1 aliphatic rings. The Morgan fingerprint density at radius 3 is 2.36 bits per heavy atom. The van der Waals surface area contributed by atoms with Crippen LogP contribution in [-0.4, -0.2) is 25.7 Å². The van der Waals surface area contributed by atoms with Crippen LogP contribution in [0.3, 0.4) is 0 Å². The first kappa shape index (κ1) is 21.8. The summed E-state index contributed by atoms with van der Waals surface area (Å²) < 4.78 is 30.0. The number of hydrogen-bond acceptors (Lipinski definition) is 4. The molecule has 28 heavy (non-hydrogen) atoms. The van der Waals surface area contributed by atoms with Crippen molar-refractivity contribution in [2.24, 2.45) is 0 Å². The lowest BCUT2D eigenvalue weighted by atomic mass is 9.93. The van der Waals surface area contributed by atoms with Gasteiger partial charge in [0.15, 0.2) is 0 Å². The lowest BCUT2D eigenvalue weighted by molar-refractivity contribution is 0.116. The van der Waals surface area contributed by atoms with Crippen molar-refractivity contribution in [2.75, 3.05) is 4.72 Å².